The molecule has 0 atom stereocenters. The van der Waals surface area contributed by atoms with E-state index >= 15 is 0 Å². The van der Waals surface area contributed by atoms with Gasteiger partial charge in [-0.15, -0.1) is 0 Å². The zero-order chi connectivity index (χ0) is 6.85. The number of primary amides is 1. The zero-order valence-corrected chi connectivity index (χ0v) is 5.22. The lowest BCUT2D eigenvalue weighted by Gasteiger charge is -1.86. The highest BCUT2D eigenvalue weighted by Crippen LogP contribution is 1.88. The Morgan fingerprint density at radius 2 is 2.44 bits per heavy atom. The quantitative estimate of drug-likeness (QED) is 0.549. The number of aromatic nitrogens is 1. The largest absolute Gasteiger partial charge is 0.350 e. The van der Waals surface area contributed by atoms with E-state index in [1.54, 1.807) is 0 Å². The Balaban J connectivity index is 3.24. The lowest BCUT2D eigenvalue weighted by atomic mass is 10.7. The molecule has 48 valence electrons. The van der Waals surface area contributed by atoms with Gasteiger partial charge in [-0.3, -0.25) is 4.79 Å². The number of nitrogens with two attached hydrogens (primary N) is 1. The van der Waals surface area contributed by atoms with Gasteiger partial charge >= 0.3 is 6.03 Å². The maximum absolute atomic E-state index is 10.5. The maximum atomic E-state index is 10.5. The van der Waals surface area contributed by atoms with Crippen molar-refractivity contribution in [3.8, 4) is 0 Å². The van der Waals surface area contributed by atoms with Gasteiger partial charge in [-0.1, -0.05) is 11.5 Å². The number of hydrogen-bond donors (Lipinski definition) is 1. The fourth-order valence-electron chi connectivity index (χ4n) is 0.430. The van der Waals surface area contributed by atoms with Crippen LogP contribution in [0.1, 0.15) is 0 Å². The van der Waals surface area contributed by atoms with Gasteiger partial charge < -0.3 is 5.73 Å². The van der Waals surface area contributed by atoms with Crippen molar-refractivity contribution in [2.75, 3.05) is 0 Å². The lowest BCUT2D eigenvalue weighted by Crippen LogP contribution is -2.26. The monoisotopic (exact) mass is 144 g/mol. The Hall–Kier alpha value is -1.10. The Morgan fingerprint density at radius 1 is 1.78 bits per heavy atom. The van der Waals surface area contributed by atoms with Gasteiger partial charge in [-0.25, -0.2) is 4.79 Å². The lowest BCUT2D eigenvalue weighted by molar-refractivity contribution is 0.251. The second-order valence-electron chi connectivity index (χ2n) is 1.38. The van der Waals surface area contributed by atoms with Crippen LogP contribution in [0.5, 0.6) is 0 Å². The molecule has 0 saturated heterocycles. The first kappa shape index (κ1) is 6.03. The molecule has 0 aliphatic heterocycles. The minimum atomic E-state index is -0.727. The average molecular weight is 144 g/mol. The van der Waals surface area contributed by atoms with Crippen LogP contribution in [-0.2, 0) is 0 Å². The normalized spacial score (nSPS) is 9.33. The molecule has 2 N–H and O–H groups in total. The van der Waals surface area contributed by atoms with Gasteiger partial charge in [0, 0.05) is 11.4 Å². The molecule has 1 amide bonds. The minimum Gasteiger partial charge on any atom is -0.350 e. The van der Waals surface area contributed by atoms with Crippen LogP contribution in [-0.4, -0.2) is 9.99 Å². The topological polar surface area (TPSA) is 65.1 Å². The van der Waals surface area contributed by atoms with Crippen molar-refractivity contribution in [3.05, 3.63) is 21.8 Å². The van der Waals surface area contributed by atoms with Crippen LogP contribution in [0.3, 0.4) is 0 Å². The van der Waals surface area contributed by atoms with Crippen LogP contribution in [0.25, 0.3) is 0 Å². The van der Waals surface area contributed by atoms with E-state index in [2.05, 4.69) is 0 Å². The number of amides is 1. The first-order valence-electron chi connectivity index (χ1n) is 2.18. The third-order valence-corrected chi connectivity index (χ3v) is 1.61. The van der Waals surface area contributed by atoms with Crippen LogP contribution >= 0.6 is 11.5 Å². The summed E-state index contributed by atoms with van der Waals surface area (Å²) in [6, 6.07) is 0.560. The molecule has 0 saturated carbocycles. The molecule has 4 nitrogen and oxygen atoms in total. The molecular formula is C4H4N2O2S. The molecule has 9 heavy (non-hydrogen) atoms. The molecule has 0 aliphatic rings. The average Bonchev–Trinajstić information content (AvgIpc) is 2.13. The Morgan fingerprint density at radius 3 is 2.67 bits per heavy atom. The van der Waals surface area contributed by atoms with E-state index in [-0.39, 0.29) is 5.56 Å². The first-order valence-corrected chi connectivity index (χ1v) is 3.02. The van der Waals surface area contributed by atoms with E-state index in [4.69, 9.17) is 5.73 Å². The van der Waals surface area contributed by atoms with Crippen molar-refractivity contribution in [3.63, 3.8) is 0 Å². The smallest absolute Gasteiger partial charge is 0.335 e. The van der Waals surface area contributed by atoms with E-state index in [0.29, 0.717) is 0 Å². The van der Waals surface area contributed by atoms with Gasteiger partial charge in [0.15, 0.2) is 0 Å². The first-order chi connectivity index (χ1) is 4.22. The third-order valence-electron chi connectivity index (χ3n) is 0.777. The molecule has 1 rings (SSSR count). The molecule has 0 bridgehead atoms. The Labute approximate surface area is 54.7 Å². The number of nitrogens with zero attached hydrogens (tertiary/aromatic N) is 1. The molecule has 0 radical (unpaired) electrons. The van der Waals surface area contributed by atoms with Crippen molar-refractivity contribution in [2.45, 2.75) is 0 Å². The summed E-state index contributed by atoms with van der Waals surface area (Å²) >= 11 is 0.987. The van der Waals surface area contributed by atoms with Crippen LogP contribution in [0.2, 0.25) is 0 Å². The van der Waals surface area contributed by atoms with E-state index in [1.165, 1.54) is 11.4 Å². The van der Waals surface area contributed by atoms with Gasteiger partial charge in [0.25, 0.3) is 5.56 Å². The molecule has 0 aliphatic carbocycles. The molecule has 0 aromatic carbocycles. The van der Waals surface area contributed by atoms with Crippen molar-refractivity contribution >= 4 is 17.6 Å². The van der Waals surface area contributed by atoms with Gasteiger partial charge in [-0.05, 0) is 0 Å². The highest BCUT2D eigenvalue weighted by Gasteiger charge is 1.99. The van der Waals surface area contributed by atoms with E-state index in [1.807, 2.05) is 0 Å². The van der Waals surface area contributed by atoms with Gasteiger partial charge in [0.1, 0.15) is 0 Å². The molecule has 0 unspecified atom stereocenters. The molecule has 1 aromatic rings. The van der Waals surface area contributed by atoms with Gasteiger partial charge in [-0.2, -0.15) is 3.96 Å². The summed E-state index contributed by atoms with van der Waals surface area (Å²) in [4.78, 5) is 20.8. The predicted octanol–water partition coefficient (Wildman–Crippen LogP) is -0.163. The minimum absolute atomic E-state index is 0.368. The molecule has 1 aromatic heterocycles. The Bertz CT molecular complexity index is 274. The molecule has 1 heterocycles. The third kappa shape index (κ3) is 0.996. The van der Waals surface area contributed by atoms with Crippen LogP contribution < -0.4 is 11.3 Å². The number of rotatable bonds is 0. The van der Waals surface area contributed by atoms with Gasteiger partial charge in [0.05, 0.1) is 0 Å². The summed E-state index contributed by atoms with van der Waals surface area (Å²) in [7, 11) is 0. The molecule has 0 fully saturated rings. The summed E-state index contributed by atoms with van der Waals surface area (Å²) in [5.74, 6) is 0. The van der Waals surface area contributed by atoms with E-state index < -0.39 is 6.03 Å². The second-order valence-corrected chi connectivity index (χ2v) is 2.23. The van der Waals surface area contributed by atoms with Gasteiger partial charge in [0.2, 0.25) is 0 Å². The number of carbonyl (C=O) groups excluding carboxylic acids is 1. The predicted molar refractivity (Wildman–Crippen MR) is 33.6 cm³/mol. The van der Waals surface area contributed by atoms with Crippen molar-refractivity contribution < 1.29 is 4.79 Å². The fraction of sp³-hybridized carbons (Fsp3) is 0. The molecule has 5 heteroatoms. The summed E-state index contributed by atoms with van der Waals surface area (Å²) < 4.78 is 0.875. The zero-order valence-electron chi connectivity index (χ0n) is 4.40. The van der Waals surface area contributed by atoms with Crippen LogP contribution in [0.15, 0.2) is 16.2 Å². The summed E-state index contributed by atoms with van der Waals surface area (Å²) in [5.41, 5.74) is 4.43. The number of carbonyl (C=O) groups is 1. The maximum Gasteiger partial charge on any atom is 0.335 e. The summed E-state index contributed by atoms with van der Waals surface area (Å²) in [5, 5.41) is 1.51. The number of hydrogen-bond acceptors (Lipinski definition) is 3. The van der Waals surface area contributed by atoms with Crippen molar-refractivity contribution in [2.24, 2.45) is 5.73 Å². The van der Waals surface area contributed by atoms with Crippen LogP contribution in [0.4, 0.5) is 4.79 Å². The van der Waals surface area contributed by atoms with E-state index in [9.17, 15) is 9.59 Å². The second kappa shape index (κ2) is 2.02. The Kier molecular flexibility index (Phi) is 1.35. The SMILES string of the molecule is NC(=O)n1sccc1=O. The van der Waals surface area contributed by atoms with Crippen molar-refractivity contribution in [1.29, 1.82) is 0 Å². The summed E-state index contributed by atoms with van der Waals surface area (Å²) in [6.45, 7) is 0. The fourth-order valence-corrected chi connectivity index (χ4v) is 0.997. The molecule has 0 spiro atoms. The molecular weight excluding hydrogens is 140 g/mol. The summed E-state index contributed by atoms with van der Waals surface area (Å²) in [6.07, 6.45) is 0. The highest BCUT2D eigenvalue weighted by atomic mass is 32.1. The standard InChI is InChI=1S/C4H4N2O2S/c5-4(8)6-3(7)1-2-9-6/h1-2H,(H2,5,8). The highest BCUT2D eigenvalue weighted by molar-refractivity contribution is 7.05. The van der Waals surface area contributed by atoms with E-state index in [0.717, 1.165) is 15.5 Å². The van der Waals surface area contributed by atoms with Crippen LogP contribution in [0, 0.1) is 0 Å². The van der Waals surface area contributed by atoms with Crippen molar-refractivity contribution in [1.82, 2.24) is 3.96 Å².